The second-order valence-corrected chi connectivity index (χ2v) is 3.16. The molecule has 2 atom stereocenters. The first-order chi connectivity index (χ1) is 5.70. The summed E-state index contributed by atoms with van der Waals surface area (Å²) in [6, 6.07) is 0. The Morgan fingerprint density at radius 3 is 1.42 bits per heavy atom. The van der Waals surface area contributed by atoms with Crippen LogP contribution in [0.2, 0.25) is 0 Å². The fourth-order valence-corrected chi connectivity index (χ4v) is 0.523. The van der Waals surface area contributed by atoms with Crippen LogP contribution in [0.4, 0.5) is 0 Å². The van der Waals surface area contributed by atoms with Crippen LogP contribution >= 0.6 is 0 Å². The van der Waals surface area contributed by atoms with E-state index in [0.717, 1.165) is 12.8 Å². The lowest BCUT2D eigenvalue weighted by Crippen LogP contribution is -1.85. The number of hydrogen-bond donors (Lipinski definition) is 0. The predicted molar refractivity (Wildman–Crippen MR) is 54.5 cm³/mol. The van der Waals surface area contributed by atoms with E-state index in [-0.39, 0.29) is 0 Å². The fourth-order valence-electron chi connectivity index (χ4n) is 0.523. The van der Waals surface area contributed by atoms with Gasteiger partial charge in [-0.05, 0) is 24.7 Å². The van der Waals surface area contributed by atoms with Crippen molar-refractivity contribution in [3.8, 4) is 23.7 Å². The van der Waals surface area contributed by atoms with Gasteiger partial charge in [0, 0.05) is 11.8 Å². The molecule has 12 heavy (non-hydrogen) atoms. The van der Waals surface area contributed by atoms with Crippen molar-refractivity contribution in [2.75, 3.05) is 0 Å². The molecule has 0 spiro atoms. The molecule has 0 nitrogen and oxygen atoms in total. The SMILES string of the molecule is CCC(C)C#CC#CC(C)CC. The quantitative estimate of drug-likeness (QED) is 0.547. The first-order valence-corrected chi connectivity index (χ1v) is 4.71. The van der Waals surface area contributed by atoms with Crippen LogP contribution < -0.4 is 0 Å². The van der Waals surface area contributed by atoms with Crippen LogP contribution in [0.5, 0.6) is 0 Å². The Morgan fingerprint density at radius 1 is 0.833 bits per heavy atom. The van der Waals surface area contributed by atoms with Gasteiger partial charge >= 0.3 is 0 Å². The van der Waals surface area contributed by atoms with Crippen molar-refractivity contribution >= 4 is 0 Å². The van der Waals surface area contributed by atoms with Gasteiger partial charge in [-0.25, -0.2) is 0 Å². The normalized spacial score (nSPS) is 13.3. The molecule has 0 fully saturated rings. The summed E-state index contributed by atoms with van der Waals surface area (Å²) < 4.78 is 0. The summed E-state index contributed by atoms with van der Waals surface area (Å²) >= 11 is 0. The van der Waals surface area contributed by atoms with Crippen LogP contribution in [-0.4, -0.2) is 0 Å². The van der Waals surface area contributed by atoms with Gasteiger partial charge in [-0.3, -0.25) is 0 Å². The third kappa shape index (κ3) is 5.87. The first kappa shape index (κ1) is 11.1. The van der Waals surface area contributed by atoms with Crippen LogP contribution in [-0.2, 0) is 0 Å². The van der Waals surface area contributed by atoms with Gasteiger partial charge in [-0.15, -0.1) is 0 Å². The molecular formula is C12H18. The molecule has 0 aromatic rings. The molecule has 0 saturated heterocycles. The molecule has 0 saturated carbocycles. The maximum atomic E-state index is 3.09. The summed E-state index contributed by atoms with van der Waals surface area (Å²) in [6.45, 7) is 8.53. The minimum Gasteiger partial charge on any atom is -0.0860 e. The summed E-state index contributed by atoms with van der Waals surface area (Å²) in [7, 11) is 0. The van der Waals surface area contributed by atoms with Crippen molar-refractivity contribution < 1.29 is 0 Å². The third-order valence-electron chi connectivity index (χ3n) is 1.92. The monoisotopic (exact) mass is 162 g/mol. The maximum Gasteiger partial charge on any atom is 0.0182 e. The van der Waals surface area contributed by atoms with Gasteiger partial charge in [0.2, 0.25) is 0 Å². The van der Waals surface area contributed by atoms with E-state index in [9.17, 15) is 0 Å². The van der Waals surface area contributed by atoms with Crippen LogP contribution in [0, 0.1) is 35.5 Å². The zero-order valence-corrected chi connectivity index (χ0v) is 8.57. The molecule has 0 bridgehead atoms. The second-order valence-electron chi connectivity index (χ2n) is 3.16. The first-order valence-electron chi connectivity index (χ1n) is 4.71. The Labute approximate surface area is 76.8 Å². The molecule has 0 heterocycles. The zero-order chi connectivity index (χ0) is 9.40. The molecule has 0 amide bonds. The van der Waals surface area contributed by atoms with E-state index in [1.807, 2.05) is 0 Å². The van der Waals surface area contributed by atoms with E-state index in [2.05, 4.69) is 51.4 Å². The molecule has 0 rings (SSSR count). The standard InChI is InChI=1S/C12H18/c1-5-11(3)9-7-8-10-12(4)6-2/h11-12H,5-6H2,1-4H3. The highest BCUT2D eigenvalue weighted by Crippen LogP contribution is 1.97. The molecule has 66 valence electrons. The van der Waals surface area contributed by atoms with Crippen molar-refractivity contribution in [2.24, 2.45) is 11.8 Å². The molecular weight excluding hydrogens is 144 g/mol. The van der Waals surface area contributed by atoms with Crippen LogP contribution in [0.3, 0.4) is 0 Å². The fraction of sp³-hybridized carbons (Fsp3) is 0.667. The van der Waals surface area contributed by atoms with Gasteiger partial charge in [0.15, 0.2) is 0 Å². The van der Waals surface area contributed by atoms with E-state index >= 15 is 0 Å². The largest absolute Gasteiger partial charge is 0.0860 e. The Kier molecular flexibility index (Phi) is 6.31. The van der Waals surface area contributed by atoms with E-state index in [1.54, 1.807) is 0 Å². The summed E-state index contributed by atoms with van der Waals surface area (Å²) in [5.74, 6) is 12.9. The smallest absolute Gasteiger partial charge is 0.0182 e. The molecule has 0 aromatic carbocycles. The number of rotatable bonds is 2. The summed E-state index contributed by atoms with van der Waals surface area (Å²) in [5.41, 5.74) is 0. The lowest BCUT2D eigenvalue weighted by Gasteiger charge is -1.93. The van der Waals surface area contributed by atoms with Crippen molar-refractivity contribution in [1.29, 1.82) is 0 Å². The van der Waals surface area contributed by atoms with Crippen molar-refractivity contribution in [1.82, 2.24) is 0 Å². The highest BCUT2D eigenvalue weighted by molar-refractivity contribution is 5.27. The van der Waals surface area contributed by atoms with Crippen molar-refractivity contribution in [3.05, 3.63) is 0 Å². The third-order valence-corrected chi connectivity index (χ3v) is 1.92. The van der Waals surface area contributed by atoms with Crippen molar-refractivity contribution in [3.63, 3.8) is 0 Å². The predicted octanol–water partition coefficient (Wildman–Crippen LogP) is 3.09. The van der Waals surface area contributed by atoms with Gasteiger partial charge < -0.3 is 0 Å². The molecule has 0 radical (unpaired) electrons. The highest BCUT2D eigenvalue weighted by Gasteiger charge is 1.89. The minimum atomic E-state index is 0.483. The number of hydrogen-bond acceptors (Lipinski definition) is 0. The molecule has 2 unspecified atom stereocenters. The van der Waals surface area contributed by atoms with Gasteiger partial charge in [-0.2, -0.15) is 0 Å². The minimum absolute atomic E-state index is 0.483. The Balaban J connectivity index is 3.88. The molecule has 0 heteroatoms. The van der Waals surface area contributed by atoms with Crippen LogP contribution in [0.1, 0.15) is 40.5 Å². The molecule has 0 aliphatic rings. The summed E-state index contributed by atoms with van der Waals surface area (Å²) in [5, 5.41) is 0. The van der Waals surface area contributed by atoms with E-state index in [4.69, 9.17) is 0 Å². The van der Waals surface area contributed by atoms with Gasteiger partial charge in [0.25, 0.3) is 0 Å². The van der Waals surface area contributed by atoms with Crippen molar-refractivity contribution in [2.45, 2.75) is 40.5 Å². The molecule has 0 N–H and O–H groups in total. The summed E-state index contributed by atoms with van der Waals surface area (Å²) in [6.07, 6.45) is 2.22. The van der Waals surface area contributed by atoms with E-state index in [1.165, 1.54) is 0 Å². The second kappa shape index (κ2) is 6.81. The van der Waals surface area contributed by atoms with Crippen LogP contribution in [0.15, 0.2) is 0 Å². The van der Waals surface area contributed by atoms with Gasteiger partial charge in [0.05, 0.1) is 0 Å². The summed E-state index contributed by atoms with van der Waals surface area (Å²) in [4.78, 5) is 0. The average Bonchev–Trinajstić information content (AvgIpc) is 2.11. The van der Waals surface area contributed by atoms with E-state index in [0.29, 0.717) is 11.8 Å². The Bertz CT molecular complexity index is 190. The Morgan fingerprint density at radius 2 is 1.17 bits per heavy atom. The van der Waals surface area contributed by atoms with Crippen LogP contribution in [0.25, 0.3) is 0 Å². The van der Waals surface area contributed by atoms with E-state index < -0.39 is 0 Å². The Hall–Kier alpha value is -0.880. The molecule has 0 aliphatic heterocycles. The lowest BCUT2D eigenvalue weighted by molar-refractivity contribution is 0.722. The average molecular weight is 162 g/mol. The zero-order valence-electron chi connectivity index (χ0n) is 8.57. The topological polar surface area (TPSA) is 0 Å². The highest BCUT2D eigenvalue weighted by atomic mass is 13.9. The molecule has 0 aliphatic carbocycles. The maximum absolute atomic E-state index is 3.09. The van der Waals surface area contributed by atoms with Gasteiger partial charge in [0.1, 0.15) is 0 Å². The lowest BCUT2D eigenvalue weighted by atomic mass is 10.1. The van der Waals surface area contributed by atoms with Gasteiger partial charge in [-0.1, -0.05) is 39.5 Å². The molecule has 0 aromatic heterocycles.